The summed E-state index contributed by atoms with van der Waals surface area (Å²) >= 11 is 1.83. The third-order valence-electron chi connectivity index (χ3n) is 2.40. The fourth-order valence-corrected chi connectivity index (χ4v) is 2.72. The summed E-state index contributed by atoms with van der Waals surface area (Å²) in [6, 6.07) is 0. The Morgan fingerprint density at radius 3 is 2.67 bits per heavy atom. The second-order valence-corrected chi connectivity index (χ2v) is 4.81. The summed E-state index contributed by atoms with van der Waals surface area (Å²) in [7, 11) is 0. The Bertz CT molecular complexity index is 284. The normalized spacial score (nSPS) is 17.2. The Labute approximate surface area is 77.6 Å². The molecule has 0 aromatic carbocycles. The summed E-state index contributed by atoms with van der Waals surface area (Å²) in [6.07, 6.45) is 2.70. The van der Waals surface area contributed by atoms with Crippen molar-refractivity contribution in [3.8, 4) is 0 Å². The van der Waals surface area contributed by atoms with Crippen molar-refractivity contribution in [3.05, 3.63) is 15.8 Å². The van der Waals surface area contributed by atoms with Gasteiger partial charge in [0.15, 0.2) is 0 Å². The van der Waals surface area contributed by atoms with Crippen LogP contribution in [0.5, 0.6) is 0 Å². The summed E-state index contributed by atoms with van der Waals surface area (Å²) in [5, 5.41) is 2.10. The van der Waals surface area contributed by atoms with Gasteiger partial charge in [0.1, 0.15) is 0 Å². The predicted molar refractivity (Wildman–Crippen MR) is 54.8 cm³/mol. The number of nitrogen functional groups attached to an aromatic ring is 1. The average Bonchev–Trinajstić information content (AvgIpc) is 2.75. The molecule has 1 heterocycles. The molecule has 1 aliphatic carbocycles. The molecule has 1 aliphatic rings. The maximum Gasteiger partial charge on any atom is 0.0461 e. The molecule has 0 radical (unpaired) electrons. The van der Waals surface area contributed by atoms with E-state index in [0.29, 0.717) is 5.92 Å². The van der Waals surface area contributed by atoms with Crippen molar-refractivity contribution in [2.45, 2.75) is 38.5 Å². The highest BCUT2D eigenvalue weighted by Crippen LogP contribution is 2.48. The molecule has 0 atom stereocenters. The topological polar surface area (TPSA) is 26.0 Å². The molecular weight excluding hydrogens is 166 g/mol. The molecule has 12 heavy (non-hydrogen) atoms. The Hall–Kier alpha value is -0.500. The van der Waals surface area contributed by atoms with Crippen molar-refractivity contribution < 1.29 is 0 Å². The smallest absolute Gasteiger partial charge is 0.0461 e. The average molecular weight is 181 g/mol. The van der Waals surface area contributed by atoms with E-state index in [0.717, 1.165) is 11.6 Å². The van der Waals surface area contributed by atoms with Crippen LogP contribution in [0.25, 0.3) is 0 Å². The molecule has 0 aliphatic heterocycles. The molecule has 1 saturated carbocycles. The Morgan fingerprint density at radius 2 is 2.17 bits per heavy atom. The maximum atomic E-state index is 5.93. The van der Waals surface area contributed by atoms with E-state index in [1.54, 1.807) is 0 Å². The van der Waals surface area contributed by atoms with Gasteiger partial charge in [-0.05, 0) is 30.2 Å². The molecule has 66 valence electrons. The van der Waals surface area contributed by atoms with Gasteiger partial charge in [0.05, 0.1) is 0 Å². The van der Waals surface area contributed by atoms with Crippen LogP contribution in [0.2, 0.25) is 0 Å². The summed E-state index contributed by atoms with van der Waals surface area (Å²) in [5.41, 5.74) is 8.43. The van der Waals surface area contributed by atoms with E-state index >= 15 is 0 Å². The highest BCUT2D eigenvalue weighted by Gasteiger charge is 2.29. The Balaban J connectivity index is 2.39. The lowest BCUT2D eigenvalue weighted by atomic mass is 10.0. The maximum absolute atomic E-state index is 5.93. The van der Waals surface area contributed by atoms with E-state index in [1.165, 1.54) is 23.3 Å². The largest absolute Gasteiger partial charge is 0.398 e. The van der Waals surface area contributed by atoms with Gasteiger partial charge < -0.3 is 5.73 Å². The molecule has 0 bridgehead atoms. The van der Waals surface area contributed by atoms with Crippen LogP contribution in [0.3, 0.4) is 0 Å². The van der Waals surface area contributed by atoms with Crippen molar-refractivity contribution in [1.82, 2.24) is 0 Å². The Kier molecular flexibility index (Phi) is 1.87. The van der Waals surface area contributed by atoms with Gasteiger partial charge in [-0.15, -0.1) is 11.3 Å². The first-order chi connectivity index (χ1) is 5.70. The van der Waals surface area contributed by atoms with Crippen LogP contribution >= 0.6 is 11.3 Å². The standard InChI is InChI=1S/C10H15NS/c1-6(2)10-9(7-3-4-7)8(11)5-12-10/h5-7H,3-4,11H2,1-2H3. The predicted octanol–water partition coefficient (Wildman–Crippen LogP) is 3.33. The molecule has 2 heteroatoms. The van der Waals surface area contributed by atoms with Gasteiger partial charge in [0.25, 0.3) is 0 Å². The zero-order valence-electron chi connectivity index (χ0n) is 7.63. The Morgan fingerprint density at radius 1 is 1.50 bits per heavy atom. The molecule has 0 saturated heterocycles. The van der Waals surface area contributed by atoms with Crippen molar-refractivity contribution in [1.29, 1.82) is 0 Å². The summed E-state index contributed by atoms with van der Waals surface area (Å²) in [5.74, 6) is 1.44. The van der Waals surface area contributed by atoms with E-state index in [-0.39, 0.29) is 0 Å². The first kappa shape index (κ1) is 8.11. The van der Waals surface area contributed by atoms with Gasteiger partial charge in [-0.2, -0.15) is 0 Å². The van der Waals surface area contributed by atoms with Crippen LogP contribution in [-0.2, 0) is 0 Å². The van der Waals surface area contributed by atoms with Gasteiger partial charge in [-0.1, -0.05) is 13.8 Å². The first-order valence-electron chi connectivity index (χ1n) is 4.57. The number of rotatable bonds is 2. The molecule has 0 spiro atoms. The van der Waals surface area contributed by atoms with Crippen molar-refractivity contribution in [2.75, 3.05) is 5.73 Å². The third kappa shape index (κ3) is 1.24. The highest BCUT2D eigenvalue weighted by molar-refractivity contribution is 7.10. The van der Waals surface area contributed by atoms with Crippen LogP contribution in [0.4, 0.5) is 5.69 Å². The zero-order valence-corrected chi connectivity index (χ0v) is 8.45. The van der Waals surface area contributed by atoms with Crippen molar-refractivity contribution in [3.63, 3.8) is 0 Å². The fraction of sp³-hybridized carbons (Fsp3) is 0.600. The van der Waals surface area contributed by atoms with E-state index in [4.69, 9.17) is 5.73 Å². The molecule has 2 N–H and O–H groups in total. The molecule has 0 amide bonds. The lowest BCUT2D eigenvalue weighted by Crippen LogP contribution is -1.93. The SMILES string of the molecule is CC(C)c1scc(N)c1C1CC1. The van der Waals surface area contributed by atoms with Crippen LogP contribution in [-0.4, -0.2) is 0 Å². The fourth-order valence-electron chi connectivity index (χ4n) is 1.65. The molecule has 1 aromatic heterocycles. The first-order valence-corrected chi connectivity index (χ1v) is 5.45. The summed E-state index contributed by atoms with van der Waals surface area (Å²) in [4.78, 5) is 1.51. The van der Waals surface area contributed by atoms with E-state index in [1.807, 2.05) is 11.3 Å². The number of thiophene rings is 1. The van der Waals surface area contributed by atoms with Gasteiger partial charge >= 0.3 is 0 Å². The van der Waals surface area contributed by atoms with Gasteiger partial charge in [0, 0.05) is 15.9 Å². The zero-order chi connectivity index (χ0) is 8.72. The van der Waals surface area contributed by atoms with Crippen LogP contribution in [0.15, 0.2) is 5.38 Å². The summed E-state index contributed by atoms with van der Waals surface area (Å²) < 4.78 is 0. The van der Waals surface area contributed by atoms with Gasteiger partial charge in [0.2, 0.25) is 0 Å². The second kappa shape index (κ2) is 2.77. The minimum absolute atomic E-state index is 0.642. The van der Waals surface area contributed by atoms with Crippen molar-refractivity contribution in [2.24, 2.45) is 0 Å². The monoisotopic (exact) mass is 181 g/mol. The molecule has 2 rings (SSSR count). The van der Waals surface area contributed by atoms with E-state index < -0.39 is 0 Å². The van der Waals surface area contributed by atoms with Gasteiger partial charge in [-0.25, -0.2) is 0 Å². The van der Waals surface area contributed by atoms with Crippen molar-refractivity contribution >= 4 is 17.0 Å². The minimum atomic E-state index is 0.642. The number of nitrogens with two attached hydrogens (primary N) is 1. The van der Waals surface area contributed by atoms with Crippen LogP contribution in [0.1, 0.15) is 49.0 Å². The molecular formula is C10H15NS. The number of hydrogen-bond acceptors (Lipinski definition) is 2. The minimum Gasteiger partial charge on any atom is -0.398 e. The lowest BCUT2D eigenvalue weighted by Gasteiger charge is -2.06. The van der Waals surface area contributed by atoms with Gasteiger partial charge in [-0.3, -0.25) is 0 Å². The van der Waals surface area contributed by atoms with E-state index in [9.17, 15) is 0 Å². The lowest BCUT2D eigenvalue weighted by molar-refractivity contribution is 0.868. The quantitative estimate of drug-likeness (QED) is 0.744. The molecule has 1 nitrogen and oxygen atoms in total. The third-order valence-corrected chi connectivity index (χ3v) is 3.72. The van der Waals surface area contributed by atoms with Crippen LogP contribution < -0.4 is 5.73 Å². The molecule has 0 unspecified atom stereocenters. The highest BCUT2D eigenvalue weighted by atomic mass is 32.1. The summed E-state index contributed by atoms with van der Waals surface area (Å²) in [6.45, 7) is 4.49. The number of hydrogen-bond donors (Lipinski definition) is 1. The van der Waals surface area contributed by atoms with Crippen LogP contribution in [0, 0.1) is 0 Å². The molecule has 1 aromatic rings. The molecule has 1 fully saturated rings. The van der Waals surface area contributed by atoms with E-state index in [2.05, 4.69) is 19.2 Å². The number of anilines is 1. The second-order valence-electron chi connectivity index (χ2n) is 3.90.